The molecule has 12 heteroatoms. The lowest BCUT2D eigenvalue weighted by molar-refractivity contribution is -0.137. The summed E-state index contributed by atoms with van der Waals surface area (Å²) in [7, 11) is 1.52. The number of ether oxygens (including phenoxy) is 1. The largest absolute Gasteiger partial charge is 0.497 e. The first-order valence-corrected chi connectivity index (χ1v) is 13.1. The summed E-state index contributed by atoms with van der Waals surface area (Å²) < 4.78 is 46.0. The molecule has 3 aromatic carbocycles. The zero-order chi connectivity index (χ0) is 28.9. The van der Waals surface area contributed by atoms with Crippen molar-refractivity contribution in [3.05, 3.63) is 94.8 Å². The average molecular weight is 570 g/mol. The summed E-state index contributed by atoms with van der Waals surface area (Å²) in [5, 5.41) is 14.2. The summed E-state index contributed by atoms with van der Waals surface area (Å²) in [5.74, 6) is 0.185. The number of aromatic nitrogens is 3. The van der Waals surface area contributed by atoms with Gasteiger partial charge in [0, 0.05) is 16.9 Å². The number of anilines is 1. The second kappa shape index (κ2) is 12.2. The van der Waals surface area contributed by atoms with Gasteiger partial charge in [0.1, 0.15) is 5.75 Å². The van der Waals surface area contributed by atoms with E-state index in [1.807, 2.05) is 32.0 Å². The number of thioether (sulfide) groups is 1. The number of halogens is 3. The Labute approximate surface area is 233 Å². The molecule has 8 nitrogen and oxygen atoms in total. The van der Waals surface area contributed by atoms with E-state index in [2.05, 4.69) is 20.8 Å². The quantitative estimate of drug-likeness (QED) is 0.256. The Morgan fingerprint density at radius 1 is 0.975 bits per heavy atom. The molecule has 2 amide bonds. The standard InChI is InChI=1S/C28H26F3N5O3S/c1-17-4-13-23(18(2)14-17)33-25(37)16-40-27-35-34-24(15-32-26(38)19-5-11-22(39-3)12-6-19)36(27)21-9-7-20(8-10-21)28(29,30)31/h4-14H,15-16H2,1-3H3,(H,32,38)(H,33,37). The lowest BCUT2D eigenvalue weighted by atomic mass is 10.1. The molecule has 0 unspecified atom stereocenters. The van der Waals surface area contributed by atoms with Crippen molar-refractivity contribution in [2.75, 3.05) is 18.2 Å². The van der Waals surface area contributed by atoms with Crippen LogP contribution in [-0.2, 0) is 17.5 Å². The molecule has 0 spiro atoms. The van der Waals surface area contributed by atoms with Crippen LogP contribution in [0.5, 0.6) is 5.75 Å². The fourth-order valence-electron chi connectivity index (χ4n) is 3.84. The van der Waals surface area contributed by atoms with E-state index >= 15 is 0 Å². The van der Waals surface area contributed by atoms with Crippen molar-refractivity contribution in [1.82, 2.24) is 20.1 Å². The molecular weight excluding hydrogens is 543 g/mol. The van der Waals surface area contributed by atoms with Crippen LogP contribution < -0.4 is 15.4 Å². The van der Waals surface area contributed by atoms with E-state index in [9.17, 15) is 22.8 Å². The van der Waals surface area contributed by atoms with Crippen molar-refractivity contribution < 1.29 is 27.5 Å². The molecule has 2 N–H and O–H groups in total. The zero-order valence-electron chi connectivity index (χ0n) is 21.9. The molecule has 1 aromatic heterocycles. The van der Waals surface area contributed by atoms with Gasteiger partial charge < -0.3 is 15.4 Å². The first-order valence-electron chi connectivity index (χ1n) is 12.1. The maximum absolute atomic E-state index is 13.1. The fourth-order valence-corrected chi connectivity index (χ4v) is 4.61. The Hall–Kier alpha value is -4.32. The minimum atomic E-state index is -4.50. The summed E-state index contributed by atoms with van der Waals surface area (Å²) in [6, 6.07) is 16.7. The lowest BCUT2D eigenvalue weighted by Crippen LogP contribution is -2.24. The van der Waals surface area contributed by atoms with Crippen molar-refractivity contribution in [3.8, 4) is 11.4 Å². The van der Waals surface area contributed by atoms with Crippen molar-refractivity contribution in [2.24, 2.45) is 0 Å². The van der Waals surface area contributed by atoms with Crippen LogP contribution in [0.4, 0.5) is 18.9 Å². The third kappa shape index (κ3) is 7.00. The molecule has 0 aliphatic heterocycles. The average Bonchev–Trinajstić information content (AvgIpc) is 3.34. The minimum absolute atomic E-state index is 0.0235. The molecule has 0 aliphatic carbocycles. The van der Waals surface area contributed by atoms with Gasteiger partial charge in [-0.15, -0.1) is 10.2 Å². The molecule has 0 fully saturated rings. The predicted octanol–water partition coefficient (Wildman–Crippen LogP) is 5.57. The highest BCUT2D eigenvalue weighted by Gasteiger charge is 2.30. The van der Waals surface area contributed by atoms with Crippen LogP contribution in [0.2, 0.25) is 0 Å². The molecule has 0 atom stereocenters. The second-order valence-corrected chi connectivity index (χ2v) is 9.79. The molecule has 4 rings (SSSR count). The van der Waals surface area contributed by atoms with Crippen molar-refractivity contribution in [2.45, 2.75) is 31.7 Å². The monoisotopic (exact) mass is 569 g/mol. The summed E-state index contributed by atoms with van der Waals surface area (Å²) >= 11 is 1.07. The zero-order valence-corrected chi connectivity index (χ0v) is 22.7. The normalized spacial score (nSPS) is 11.2. The van der Waals surface area contributed by atoms with Gasteiger partial charge in [0.15, 0.2) is 11.0 Å². The first-order chi connectivity index (χ1) is 19.0. The number of carbonyl (C=O) groups excluding carboxylic acids is 2. The number of hydrogen-bond acceptors (Lipinski definition) is 6. The summed E-state index contributed by atoms with van der Waals surface area (Å²) in [6.07, 6.45) is -4.50. The van der Waals surface area contributed by atoms with E-state index in [1.54, 1.807) is 24.3 Å². The Morgan fingerprint density at radius 3 is 2.30 bits per heavy atom. The minimum Gasteiger partial charge on any atom is -0.497 e. The van der Waals surface area contributed by atoms with Gasteiger partial charge >= 0.3 is 6.18 Å². The molecule has 1 heterocycles. The Balaban J connectivity index is 1.54. The third-order valence-corrected chi connectivity index (χ3v) is 6.83. The van der Waals surface area contributed by atoms with Gasteiger partial charge in [-0.3, -0.25) is 14.2 Å². The van der Waals surface area contributed by atoms with E-state index in [1.165, 1.54) is 23.8 Å². The smallest absolute Gasteiger partial charge is 0.416 e. The van der Waals surface area contributed by atoms with Crippen LogP contribution in [0.1, 0.15) is 32.9 Å². The summed E-state index contributed by atoms with van der Waals surface area (Å²) in [4.78, 5) is 25.3. The van der Waals surface area contributed by atoms with Crippen LogP contribution >= 0.6 is 11.8 Å². The Morgan fingerprint density at radius 2 is 1.68 bits per heavy atom. The SMILES string of the molecule is COc1ccc(C(=O)NCc2nnc(SCC(=O)Nc3ccc(C)cc3C)n2-c2ccc(C(F)(F)F)cc2)cc1. The number of benzene rings is 3. The maximum atomic E-state index is 13.1. The fraction of sp³-hybridized carbons (Fsp3) is 0.214. The first kappa shape index (κ1) is 28.7. The predicted molar refractivity (Wildman–Crippen MR) is 146 cm³/mol. The third-order valence-electron chi connectivity index (χ3n) is 5.90. The molecule has 0 saturated carbocycles. The molecule has 0 radical (unpaired) electrons. The maximum Gasteiger partial charge on any atom is 0.416 e. The highest BCUT2D eigenvalue weighted by Crippen LogP contribution is 2.31. The number of carbonyl (C=O) groups is 2. The number of aryl methyl sites for hydroxylation is 2. The van der Waals surface area contributed by atoms with Crippen molar-refractivity contribution in [1.29, 1.82) is 0 Å². The molecule has 4 aromatic rings. The molecular formula is C28H26F3N5O3S. The van der Waals surface area contributed by atoms with E-state index in [-0.39, 0.29) is 35.1 Å². The van der Waals surface area contributed by atoms with Crippen LogP contribution in [-0.4, -0.2) is 39.4 Å². The van der Waals surface area contributed by atoms with Crippen LogP contribution in [0.15, 0.2) is 71.9 Å². The Bertz CT molecular complexity index is 1500. The highest BCUT2D eigenvalue weighted by molar-refractivity contribution is 7.99. The molecule has 208 valence electrons. The van der Waals surface area contributed by atoms with E-state index in [0.29, 0.717) is 22.7 Å². The summed E-state index contributed by atoms with van der Waals surface area (Å²) in [6.45, 7) is 3.79. The molecule has 0 saturated heterocycles. The molecule has 0 aliphatic rings. The molecule has 40 heavy (non-hydrogen) atoms. The van der Waals surface area contributed by atoms with Gasteiger partial charge in [0.25, 0.3) is 5.91 Å². The highest BCUT2D eigenvalue weighted by atomic mass is 32.2. The van der Waals surface area contributed by atoms with Crippen LogP contribution in [0.25, 0.3) is 5.69 Å². The van der Waals surface area contributed by atoms with Crippen molar-refractivity contribution >= 4 is 29.3 Å². The molecule has 0 bridgehead atoms. The van der Waals surface area contributed by atoms with Gasteiger partial charge in [0.2, 0.25) is 5.91 Å². The van der Waals surface area contributed by atoms with E-state index in [0.717, 1.165) is 35.0 Å². The number of amides is 2. The van der Waals surface area contributed by atoms with Crippen LogP contribution in [0, 0.1) is 13.8 Å². The van der Waals surface area contributed by atoms with Gasteiger partial charge in [-0.25, -0.2) is 0 Å². The van der Waals surface area contributed by atoms with Gasteiger partial charge in [-0.2, -0.15) is 13.2 Å². The Kier molecular flexibility index (Phi) is 8.78. The number of methoxy groups -OCH3 is 1. The number of alkyl halides is 3. The number of nitrogens with zero attached hydrogens (tertiary/aromatic N) is 3. The number of hydrogen-bond donors (Lipinski definition) is 2. The van der Waals surface area contributed by atoms with E-state index in [4.69, 9.17) is 4.74 Å². The van der Waals surface area contributed by atoms with Gasteiger partial charge in [0.05, 0.1) is 25.0 Å². The number of rotatable bonds is 9. The number of nitrogens with one attached hydrogen (secondary N) is 2. The van der Waals surface area contributed by atoms with Gasteiger partial charge in [-0.05, 0) is 74.0 Å². The second-order valence-electron chi connectivity index (χ2n) is 8.85. The lowest BCUT2D eigenvalue weighted by Gasteiger charge is -2.13. The summed E-state index contributed by atoms with van der Waals surface area (Å²) in [5.41, 5.74) is 2.61. The van der Waals surface area contributed by atoms with E-state index < -0.39 is 11.7 Å². The van der Waals surface area contributed by atoms with Gasteiger partial charge in [-0.1, -0.05) is 29.5 Å². The van der Waals surface area contributed by atoms with Crippen molar-refractivity contribution in [3.63, 3.8) is 0 Å². The topological polar surface area (TPSA) is 98.1 Å². The van der Waals surface area contributed by atoms with Crippen LogP contribution in [0.3, 0.4) is 0 Å².